The molecule has 0 bridgehead atoms. The number of hydrogen-bond donors (Lipinski definition) is 2. The van der Waals surface area contributed by atoms with Gasteiger partial charge < -0.3 is 15.3 Å². The first-order valence-electron chi connectivity index (χ1n) is 5.55. The minimum absolute atomic E-state index is 0.0538. The summed E-state index contributed by atoms with van der Waals surface area (Å²) in [4.78, 5) is 23.2. The van der Waals surface area contributed by atoms with Gasteiger partial charge in [0.05, 0.1) is 6.42 Å². The Bertz CT molecular complexity index is 462. The minimum atomic E-state index is -0.989. The molecule has 0 radical (unpaired) electrons. The van der Waals surface area contributed by atoms with E-state index in [0.717, 1.165) is 0 Å². The maximum absolute atomic E-state index is 13.4. The highest BCUT2D eigenvalue weighted by Gasteiger charge is 2.12. The van der Waals surface area contributed by atoms with Crippen molar-refractivity contribution < 1.29 is 19.1 Å². The fourth-order valence-corrected chi connectivity index (χ4v) is 1.59. The van der Waals surface area contributed by atoms with Crippen LogP contribution in [0.15, 0.2) is 18.2 Å². The zero-order valence-corrected chi connectivity index (χ0v) is 11.1. The van der Waals surface area contributed by atoms with E-state index in [1.807, 2.05) is 0 Å². The van der Waals surface area contributed by atoms with E-state index in [0.29, 0.717) is 0 Å². The highest BCUT2D eigenvalue weighted by molar-refractivity contribution is 6.31. The van der Waals surface area contributed by atoms with Gasteiger partial charge in [0.15, 0.2) is 0 Å². The van der Waals surface area contributed by atoms with E-state index in [1.54, 1.807) is 0 Å². The molecule has 1 aromatic carbocycles. The molecule has 0 unspecified atom stereocenters. The van der Waals surface area contributed by atoms with Gasteiger partial charge in [-0.25, -0.2) is 9.18 Å². The lowest BCUT2D eigenvalue weighted by Gasteiger charge is -2.17. The molecule has 1 rings (SSSR count). The van der Waals surface area contributed by atoms with Gasteiger partial charge in [-0.2, -0.15) is 0 Å². The van der Waals surface area contributed by atoms with Crippen molar-refractivity contribution >= 4 is 23.6 Å². The first-order chi connectivity index (χ1) is 8.91. The lowest BCUT2D eigenvalue weighted by molar-refractivity contribution is -0.137. The predicted molar refractivity (Wildman–Crippen MR) is 68.5 cm³/mol. The third kappa shape index (κ3) is 4.75. The molecule has 19 heavy (non-hydrogen) atoms. The molecule has 104 valence electrons. The number of carboxylic acid groups (broad SMARTS) is 1. The zero-order chi connectivity index (χ0) is 14.4. The van der Waals surface area contributed by atoms with Crippen LogP contribution >= 0.6 is 11.6 Å². The number of amides is 2. The van der Waals surface area contributed by atoms with E-state index in [4.69, 9.17) is 16.7 Å². The number of hydrogen-bond acceptors (Lipinski definition) is 2. The van der Waals surface area contributed by atoms with Gasteiger partial charge in [0, 0.05) is 30.7 Å². The lowest BCUT2D eigenvalue weighted by atomic mass is 10.2. The third-order valence-electron chi connectivity index (χ3n) is 2.49. The van der Waals surface area contributed by atoms with Crippen LogP contribution in [0.1, 0.15) is 12.0 Å². The molecule has 0 atom stereocenters. The number of halogens is 2. The molecule has 1 aromatic rings. The standard InChI is InChI=1S/C12H14ClFN2O3/c1-16(6-5-11(17)18)12(19)15-7-8-9(13)3-2-4-10(8)14/h2-4H,5-7H2,1H3,(H,15,19)(H,17,18). The number of carboxylic acids is 1. The molecular formula is C12H14ClFN2O3. The van der Waals surface area contributed by atoms with Gasteiger partial charge in [0.25, 0.3) is 0 Å². The van der Waals surface area contributed by atoms with E-state index >= 15 is 0 Å². The van der Waals surface area contributed by atoms with Crippen LogP contribution in [-0.4, -0.2) is 35.6 Å². The zero-order valence-electron chi connectivity index (χ0n) is 10.3. The number of rotatable bonds is 5. The second-order valence-corrected chi connectivity index (χ2v) is 4.33. The number of benzene rings is 1. The third-order valence-corrected chi connectivity index (χ3v) is 2.84. The van der Waals surface area contributed by atoms with Gasteiger partial charge >= 0.3 is 12.0 Å². The molecule has 7 heteroatoms. The van der Waals surface area contributed by atoms with Crippen molar-refractivity contribution in [3.63, 3.8) is 0 Å². The van der Waals surface area contributed by atoms with Crippen molar-refractivity contribution in [3.8, 4) is 0 Å². The Kier molecular flexibility index (Phi) is 5.57. The van der Waals surface area contributed by atoms with Gasteiger partial charge in [-0.15, -0.1) is 0 Å². The Hall–Kier alpha value is -1.82. The summed E-state index contributed by atoms with van der Waals surface area (Å²) in [7, 11) is 1.46. The fourth-order valence-electron chi connectivity index (χ4n) is 1.37. The summed E-state index contributed by atoms with van der Waals surface area (Å²) in [5, 5.41) is 11.2. The van der Waals surface area contributed by atoms with Crippen LogP contribution in [0.2, 0.25) is 5.02 Å². The topological polar surface area (TPSA) is 69.6 Å². The average Bonchev–Trinajstić information content (AvgIpc) is 2.35. The number of aliphatic carboxylic acids is 1. The van der Waals surface area contributed by atoms with Gasteiger partial charge in [-0.3, -0.25) is 4.79 Å². The van der Waals surface area contributed by atoms with E-state index in [-0.39, 0.29) is 30.1 Å². The SMILES string of the molecule is CN(CCC(=O)O)C(=O)NCc1c(F)cccc1Cl. The van der Waals surface area contributed by atoms with Crippen molar-refractivity contribution in [2.24, 2.45) is 0 Å². The van der Waals surface area contributed by atoms with Gasteiger partial charge in [-0.1, -0.05) is 17.7 Å². The summed E-state index contributed by atoms with van der Waals surface area (Å²) in [5.74, 6) is -1.49. The van der Waals surface area contributed by atoms with Crippen LogP contribution in [0.3, 0.4) is 0 Å². The maximum atomic E-state index is 13.4. The molecule has 5 nitrogen and oxygen atoms in total. The Balaban J connectivity index is 2.52. The second-order valence-electron chi connectivity index (χ2n) is 3.92. The van der Waals surface area contributed by atoms with Crippen molar-refractivity contribution in [2.75, 3.05) is 13.6 Å². The average molecular weight is 289 g/mol. The van der Waals surface area contributed by atoms with Crippen LogP contribution < -0.4 is 5.32 Å². The maximum Gasteiger partial charge on any atom is 0.317 e. The molecule has 2 N–H and O–H groups in total. The van der Waals surface area contributed by atoms with Crippen molar-refractivity contribution in [1.29, 1.82) is 0 Å². The Morgan fingerprint density at radius 2 is 2.16 bits per heavy atom. The number of urea groups is 1. The lowest BCUT2D eigenvalue weighted by Crippen LogP contribution is -2.38. The second kappa shape index (κ2) is 6.94. The minimum Gasteiger partial charge on any atom is -0.481 e. The summed E-state index contributed by atoms with van der Waals surface area (Å²) >= 11 is 5.81. The number of nitrogens with one attached hydrogen (secondary N) is 1. The normalized spacial score (nSPS) is 10.1. The van der Waals surface area contributed by atoms with Gasteiger partial charge in [-0.05, 0) is 12.1 Å². The van der Waals surface area contributed by atoms with Gasteiger partial charge in [0.1, 0.15) is 5.82 Å². The van der Waals surface area contributed by atoms with Crippen LogP contribution in [-0.2, 0) is 11.3 Å². The van der Waals surface area contributed by atoms with Crippen molar-refractivity contribution in [3.05, 3.63) is 34.6 Å². The smallest absolute Gasteiger partial charge is 0.317 e. The molecule has 0 fully saturated rings. The van der Waals surface area contributed by atoms with Crippen LogP contribution in [0.5, 0.6) is 0 Å². The predicted octanol–water partition coefficient (Wildman–Crippen LogP) is 2.10. The first kappa shape index (κ1) is 15.2. The number of carbonyl (C=O) groups excluding carboxylic acids is 1. The first-order valence-corrected chi connectivity index (χ1v) is 5.93. The van der Waals surface area contributed by atoms with Crippen LogP contribution in [0, 0.1) is 5.82 Å². The Labute approximate surface area is 115 Å². The van der Waals surface area contributed by atoms with Crippen LogP contribution in [0.4, 0.5) is 9.18 Å². The van der Waals surface area contributed by atoms with Gasteiger partial charge in [0.2, 0.25) is 0 Å². The largest absolute Gasteiger partial charge is 0.481 e. The summed E-state index contributed by atoms with van der Waals surface area (Å²) < 4.78 is 13.4. The number of nitrogens with zero attached hydrogens (tertiary/aromatic N) is 1. The fraction of sp³-hybridized carbons (Fsp3) is 0.333. The molecule has 0 aromatic heterocycles. The number of carbonyl (C=O) groups is 2. The molecule has 0 saturated carbocycles. The summed E-state index contributed by atoms with van der Waals surface area (Å²) in [6, 6.07) is 3.77. The van der Waals surface area contributed by atoms with E-state index in [1.165, 1.54) is 30.1 Å². The van der Waals surface area contributed by atoms with E-state index in [2.05, 4.69) is 5.32 Å². The highest BCUT2D eigenvalue weighted by Crippen LogP contribution is 2.18. The molecule has 0 aliphatic rings. The molecule has 0 aliphatic carbocycles. The van der Waals surface area contributed by atoms with Crippen molar-refractivity contribution in [2.45, 2.75) is 13.0 Å². The molecule has 2 amide bonds. The summed E-state index contributed by atoms with van der Waals surface area (Å²) in [5.41, 5.74) is 0.198. The quantitative estimate of drug-likeness (QED) is 0.872. The Morgan fingerprint density at radius 3 is 2.74 bits per heavy atom. The molecule has 0 saturated heterocycles. The monoisotopic (exact) mass is 288 g/mol. The molecule has 0 spiro atoms. The summed E-state index contributed by atoms with van der Waals surface area (Å²) in [6.07, 6.45) is -0.148. The molecule has 0 heterocycles. The van der Waals surface area contributed by atoms with Crippen LogP contribution in [0.25, 0.3) is 0 Å². The highest BCUT2D eigenvalue weighted by atomic mass is 35.5. The van der Waals surface area contributed by atoms with E-state index < -0.39 is 17.8 Å². The summed E-state index contributed by atoms with van der Waals surface area (Å²) in [6.45, 7) is 0.0217. The Morgan fingerprint density at radius 1 is 1.47 bits per heavy atom. The van der Waals surface area contributed by atoms with Crippen molar-refractivity contribution in [1.82, 2.24) is 10.2 Å². The van der Waals surface area contributed by atoms with E-state index in [9.17, 15) is 14.0 Å². The molecule has 0 aliphatic heterocycles. The molecular weight excluding hydrogens is 275 g/mol.